The maximum absolute atomic E-state index is 12.1. The Hall–Kier alpha value is -1.33. The molecule has 2 atom stereocenters. The third-order valence-electron chi connectivity index (χ3n) is 4.83. The van der Waals surface area contributed by atoms with E-state index >= 15 is 0 Å². The van der Waals surface area contributed by atoms with Crippen molar-refractivity contribution >= 4 is 5.91 Å². The first-order valence-corrected chi connectivity index (χ1v) is 8.24. The van der Waals surface area contributed by atoms with Crippen LogP contribution in [0, 0.1) is 5.92 Å². The fraction of sp³-hybridized carbons (Fsp3) is 0.706. The maximum atomic E-state index is 12.1. The van der Waals surface area contributed by atoms with Crippen LogP contribution in [0.5, 0.6) is 0 Å². The number of carbonyl (C=O) groups is 1. The lowest BCUT2D eigenvalue weighted by Gasteiger charge is -2.39. The number of furan rings is 1. The second-order valence-electron chi connectivity index (χ2n) is 6.57. The molecule has 5 heteroatoms. The smallest absolute Gasteiger partial charge is 0.234 e. The number of rotatable bonds is 7. The first-order chi connectivity index (χ1) is 10.5. The summed E-state index contributed by atoms with van der Waals surface area (Å²) in [6.45, 7) is 4.17. The van der Waals surface area contributed by atoms with Gasteiger partial charge >= 0.3 is 0 Å². The van der Waals surface area contributed by atoms with Gasteiger partial charge in [-0.15, -0.1) is 0 Å². The second kappa shape index (κ2) is 7.79. The van der Waals surface area contributed by atoms with Crippen molar-refractivity contribution < 1.29 is 14.3 Å². The molecule has 1 fully saturated rings. The summed E-state index contributed by atoms with van der Waals surface area (Å²) in [7, 11) is 0. The summed E-state index contributed by atoms with van der Waals surface area (Å²) in [5.74, 6) is 1.09. The number of amides is 1. The van der Waals surface area contributed by atoms with Crippen molar-refractivity contribution in [3.05, 3.63) is 24.2 Å². The fourth-order valence-electron chi connectivity index (χ4n) is 3.25. The largest absolute Gasteiger partial charge is 0.467 e. The summed E-state index contributed by atoms with van der Waals surface area (Å²) in [6, 6.07) is 3.50. The van der Waals surface area contributed by atoms with E-state index in [-0.39, 0.29) is 30.6 Å². The Morgan fingerprint density at radius 2 is 2.18 bits per heavy atom. The molecule has 2 rings (SSSR count). The van der Waals surface area contributed by atoms with Gasteiger partial charge < -0.3 is 20.2 Å². The SMILES string of the molecule is C[C@@H](NC(=O)CN[C@](C)(CO)C1CCCCC1)c1ccco1. The molecule has 1 aliphatic rings. The minimum Gasteiger partial charge on any atom is -0.467 e. The molecule has 1 aliphatic carbocycles. The van der Waals surface area contributed by atoms with Crippen LogP contribution >= 0.6 is 0 Å². The Kier molecular flexibility index (Phi) is 6.03. The molecule has 124 valence electrons. The molecule has 1 aromatic rings. The van der Waals surface area contributed by atoms with Gasteiger partial charge in [-0.05, 0) is 44.7 Å². The van der Waals surface area contributed by atoms with Crippen LogP contribution in [-0.4, -0.2) is 29.7 Å². The predicted molar refractivity (Wildman–Crippen MR) is 85.3 cm³/mol. The highest BCUT2D eigenvalue weighted by molar-refractivity contribution is 5.78. The van der Waals surface area contributed by atoms with Gasteiger partial charge in [0.25, 0.3) is 0 Å². The van der Waals surface area contributed by atoms with Crippen molar-refractivity contribution in [1.82, 2.24) is 10.6 Å². The molecule has 3 N–H and O–H groups in total. The normalized spacial score (nSPS) is 20.3. The van der Waals surface area contributed by atoms with E-state index < -0.39 is 0 Å². The van der Waals surface area contributed by atoms with Gasteiger partial charge in [0.15, 0.2) is 0 Å². The van der Waals surface area contributed by atoms with E-state index in [0.717, 1.165) is 18.6 Å². The van der Waals surface area contributed by atoms with Gasteiger partial charge in [0.05, 0.1) is 25.5 Å². The molecule has 1 saturated carbocycles. The Morgan fingerprint density at radius 1 is 1.45 bits per heavy atom. The van der Waals surface area contributed by atoms with Gasteiger partial charge in [-0.3, -0.25) is 4.79 Å². The van der Waals surface area contributed by atoms with Gasteiger partial charge in [-0.1, -0.05) is 19.3 Å². The lowest BCUT2D eigenvalue weighted by atomic mass is 9.76. The number of hydrogen-bond donors (Lipinski definition) is 3. The Labute approximate surface area is 132 Å². The van der Waals surface area contributed by atoms with E-state index in [1.165, 1.54) is 19.3 Å². The highest BCUT2D eigenvalue weighted by atomic mass is 16.3. The van der Waals surface area contributed by atoms with Crippen molar-refractivity contribution in [3.8, 4) is 0 Å². The molecule has 22 heavy (non-hydrogen) atoms. The van der Waals surface area contributed by atoms with Gasteiger partial charge in [-0.25, -0.2) is 0 Å². The molecular weight excluding hydrogens is 280 g/mol. The van der Waals surface area contributed by atoms with E-state index in [2.05, 4.69) is 10.6 Å². The fourth-order valence-corrected chi connectivity index (χ4v) is 3.25. The highest BCUT2D eigenvalue weighted by Crippen LogP contribution is 2.32. The summed E-state index contributed by atoms with van der Waals surface area (Å²) in [5, 5.41) is 16.0. The minimum atomic E-state index is -0.383. The Balaban J connectivity index is 1.82. The van der Waals surface area contributed by atoms with Crippen LogP contribution in [-0.2, 0) is 4.79 Å². The molecule has 1 heterocycles. The average Bonchev–Trinajstić information content (AvgIpc) is 3.08. The zero-order valence-electron chi connectivity index (χ0n) is 13.6. The molecule has 1 aromatic heterocycles. The molecule has 0 spiro atoms. The first kappa shape index (κ1) is 17.0. The lowest BCUT2D eigenvalue weighted by Crippen LogP contribution is -2.55. The zero-order valence-corrected chi connectivity index (χ0v) is 13.6. The van der Waals surface area contributed by atoms with Crippen LogP contribution in [0.15, 0.2) is 22.8 Å². The molecule has 0 aliphatic heterocycles. The molecular formula is C17H28N2O3. The third kappa shape index (κ3) is 4.34. The molecule has 1 amide bonds. The van der Waals surface area contributed by atoms with Crippen molar-refractivity contribution in [2.75, 3.05) is 13.2 Å². The summed E-state index contributed by atoms with van der Waals surface area (Å²) in [5.41, 5.74) is -0.383. The summed E-state index contributed by atoms with van der Waals surface area (Å²) in [6.07, 6.45) is 7.54. The standard InChI is InChI=1S/C17H28N2O3/c1-13(15-9-6-10-22-15)19-16(21)11-18-17(2,12-20)14-7-4-3-5-8-14/h6,9-10,13-14,18,20H,3-5,7-8,11-12H2,1-2H3,(H,19,21)/t13-,17-/m1/s1. The number of hydrogen-bond acceptors (Lipinski definition) is 4. The topological polar surface area (TPSA) is 74.5 Å². The van der Waals surface area contributed by atoms with Gasteiger partial charge in [0, 0.05) is 5.54 Å². The number of aliphatic hydroxyl groups excluding tert-OH is 1. The van der Waals surface area contributed by atoms with E-state index in [0.29, 0.717) is 5.92 Å². The second-order valence-corrected chi connectivity index (χ2v) is 6.57. The van der Waals surface area contributed by atoms with Crippen molar-refractivity contribution in [2.45, 2.75) is 57.5 Å². The van der Waals surface area contributed by atoms with Crippen LogP contribution in [0.3, 0.4) is 0 Å². The molecule has 0 saturated heterocycles. The minimum absolute atomic E-state index is 0.0543. The molecule has 0 unspecified atom stereocenters. The molecule has 0 bridgehead atoms. The van der Waals surface area contributed by atoms with Crippen molar-refractivity contribution in [1.29, 1.82) is 0 Å². The quantitative estimate of drug-likeness (QED) is 0.723. The monoisotopic (exact) mass is 308 g/mol. The Bertz CT molecular complexity index is 454. The van der Waals surface area contributed by atoms with E-state index in [1.54, 1.807) is 6.26 Å². The predicted octanol–water partition coefficient (Wildman–Crippen LogP) is 2.38. The van der Waals surface area contributed by atoms with E-state index in [4.69, 9.17) is 4.42 Å². The van der Waals surface area contributed by atoms with E-state index in [9.17, 15) is 9.90 Å². The zero-order chi connectivity index (χ0) is 16.0. The van der Waals surface area contributed by atoms with Crippen molar-refractivity contribution in [2.24, 2.45) is 5.92 Å². The van der Waals surface area contributed by atoms with Crippen LogP contribution in [0.4, 0.5) is 0 Å². The highest BCUT2D eigenvalue weighted by Gasteiger charge is 2.34. The number of carbonyl (C=O) groups excluding carboxylic acids is 1. The van der Waals surface area contributed by atoms with Gasteiger partial charge in [-0.2, -0.15) is 0 Å². The van der Waals surface area contributed by atoms with Crippen LogP contribution in [0.2, 0.25) is 0 Å². The lowest BCUT2D eigenvalue weighted by molar-refractivity contribution is -0.121. The molecule has 0 aromatic carbocycles. The summed E-state index contributed by atoms with van der Waals surface area (Å²) < 4.78 is 5.28. The van der Waals surface area contributed by atoms with Crippen LogP contribution in [0.1, 0.15) is 57.8 Å². The van der Waals surface area contributed by atoms with Gasteiger partial charge in [0.1, 0.15) is 5.76 Å². The summed E-state index contributed by atoms with van der Waals surface area (Å²) in [4.78, 5) is 12.1. The number of aliphatic hydroxyl groups is 1. The van der Waals surface area contributed by atoms with Crippen LogP contribution in [0.25, 0.3) is 0 Å². The van der Waals surface area contributed by atoms with Crippen LogP contribution < -0.4 is 10.6 Å². The van der Waals surface area contributed by atoms with E-state index in [1.807, 2.05) is 26.0 Å². The van der Waals surface area contributed by atoms with Crippen molar-refractivity contribution in [3.63, 3.8) is 0 Å². The Morgan fingerprint density at radius 3 is 2.77 bits per heavy atom. The number of nitrogens with one attached hydrogen (secondary N) is 2. The first-order valence-electron chi connectivity index (χ1n) is 8.24. The molecule has 5 nitrogen and oxygen atoms in total. The third-order valence-corrected chi connectivity index (χ3v) is 4.83. The molecule has 0 radical (unpaired) electrons. The van der Waals surface area contributed by atoms with Gasteiger partial charge in [0.2, 0.25) is 5.91 Å². The maximum Gasteiger partial charge on any atom is 0.234 e. The average molecular weight is 308 g/mol. The summed E-state index contributed by atoms with van der Waals surface area (Å²) >= 11 is 0.